The topological polar surface area (TPSA) is 110 Å². The zero-order chi connectivity index (χ0) is 30.9. The summed E-state index contributed by atoms with van der Waals surface area (Å²) in [5.74, 6) is 0.0508. The van der Waals surface area contributed by atoms with Crippen molar-refractivity contribution in [2.45, 2.75) is 26.5 Å². The fraction of sp³-hybridized carbons (Fsp3) is 0.200. The number of hydrogen-bond acceptors (Lipinski definition) is 7. The predicted octanol–water partition coefficient (Wildman–Crippen LogP) is 6.33. The Labute approximate surface area is 276 Å². The van der Waals surface area contributed by atoms with Gasteiger partial charge in [0.15, 0.2) is 11.7 Å². The van der Waals surface area contributed by atoms with Crippen molar-refractivity contribution in [1.29, 1.82) is 0 Å². The van der Waals surface area contributed by atoms with Crippen LogP contribution in [-0.2, 0) is 20.9 Å². The summed E-state index contributed by atoms with van der Waals surface area (Å²) < 4.78 is 18.4. The largest absolute Gasteiger partial charge is 0.486 e. The fourth-order valence-corrected chi connectivity index (χ4v) is 6.08. The molecule has 1 aliphatic heterocycles. The lowest BCUT2D eigenvalue weighted by atomic mass is 9.95. The van der Waals surface area contributed by atoms with E-state index in [0.29, 0.717) is 59.6 Å². The predicted molar refractivity (Wildman–Crippen MR) is 176 cm³/mol. The first kappa shape index (κ1) is 32.5. The SMILES string of the molecule is CCOC(=O)C1=C(C)NC(=S)N[C@@H]1c1ccccc1OCC(=O)NN=Cc1cc(Br)c(OCc2ccccc2Cl)c(Br)c1. The third-order valence-electron chi connectivity index (χ3n) is 6.11. The van der Waals surface area contributed by atoms with E-state index in [9.17, 15) is 9.59 Å². The minimum Gasteiger partial charge on any atom is -0.486 e. The minimum atomic E-state index is -0.626. The number of allylic oxidation sites excluding steroid dienone is 1. The van der Waals surface area contributed by atoms with Crippen LogP contribution in [0.25, 0.3) is 0 Å². The Morgan fingerprint density at radius 2 is 1.79 bits per heavy atom. The van der Waals surface area contributed by atoms with E-state index >= 15 is 0 Å². The quantitative estimate of drug-likeness (QED) is 0.0904. The number of amides is 1. The van der Waals surface area contributed by atoms with Gasteiger partial charge in [0.1, 0.15) is 18.1 Å². The number of carbonyl (C=O) groups is 2. The zero-order valence-corrected chi connectivity index (χ0v) is 27.8. The number of ether oxygens (including phenoxy) is 3. The third-order valence-corrected chi connectivity index (χ3v) is 7.87. The standard InChI is InChI=1S/C30H27Br2ClN4O5S/c1-3-40-29(39)26-17(2)35-30(43)36-27(26)20-9-5-7-11-24(20)41-16-25(38)37-34-14-18-12-21(31)28(22(32)13-18)42-15-19-8-4-6-10-23(19)33/h4-14,27H,3,15-16H2,1-2H3,(H,37,38)(H2,35,36,43)/t27-/m1/s1. The highest BCUT2D eigenvalue weighted by Gasteiger charge is 2.32. The van der Waals surface area contributed by atoms with Crippen LogP contribution in [0.2, 0.25) is 5.02 Å². The van der Waals surface area contributed by atoms with Gasteiger partial charge in [0.05, 0.1) is 33.4 Å². The number of carbonyl (C=O) groups excluding carboxylic acids is 2. The molecule has 0 saturated heterocycles. The average molecular weight is 751 g/mol. The molecule has 0 aromatic heterocycles. The Balaban J connectivity index is 1.38. The number of para-hydroxylation sites is 1. The van der Waals surface area contributed by atoms with Gasteiger partial charge < -0.3 is 24.8 Å². The van der Waals surface area contributed by atoms with E-state index in [1.807, 2.05) is 36.4 Å². The van der Waals surface area contributed by atoms with Gasteiger partial charge >= 0.3 is 5.97 Å². The molecule has 0 saturated carbocycles. The van der Waals surface area contributed by atoms with E-state index in [4.69, 9.17) is 38.0 Å². The van der Waals surface area contributed by atoms with E-state index in [-0.39, 0.29) is 13.2 Å². The maximum Gasteiger partial charge on any atom is 0.338 e. The van der Waals surface area contributed by atoms with Gasteiger partial charge in [-0.3, -0.25) is 4.79 Å². The second-order valence-electron chi connectivity index (χ2n) is 9.10. The van der Waals surface area contributed by atoms with E-state index in [1.54, 1.807) is 38.1 Å². The van der Waals surface area contributed by atoms with Gasteiger partial charge in [0.2, 0.25) is 0 Å². The highest BCUT2D eigenvalue weighted by atomic mass is 79.9. The normalized spacial score (nSPS) is 14.6. The van der Waals surface area contributed by atoms with Crippen LogP contribution in [0.15, 0.2) is 86.0 Å². The molecule has 0 unspecified atom stereocenters. The van der Waals surface area contributed by atoms with Crippen molar-refractivity contribution in [3.63, 3.8) is 0 Å². The average Bonchev–Trinajstić information content (AvgIpc) is 2.96. The monoisotopic (exact) mass is 748 g/mol. The summed E-state index contributed by atoms with van der Waals surface area (Å²) in [4.78, 5) is 25.3. The molecule has 43 heavy (non-hydrogen) atoms. The Kier molecular flexibility index (Phi) is 11.6. The molecular formula is C30H27Br2ClN4O5S. The number of rotatable bonds is 11. The van der Waals surface area contributed by atoms with E-state index < -0.39 is 17.9 Å². The van der Waals surface area contributed by atoms with E-state index in [0.717, 1.165) is 5.56 Å². The molecule has 0 fully saturated rings. The van der Waals surface area contributed by atoms with Crippen molar-refractivity contribution in [3.8, 4) is 11.5 Å². The van der Waals surface area contributed by atoms with Gasteiger partial charge in [-0.05, 0) is 87.8 Å². The lowest BCUT2D eigenvalue weighted by molar-refractivity contribution is -0.139. The first-order chi connectivity index (χ1) is 20.7. The summed E-state index contributed by atoms with van der Waals surface area (Å²) in [6.45, 7) is 3.69. The summed E-state index contributed by atoms with van der Waals surface area (Å²) in [7, 11) is 0. The van der Waals surface area contributed by atoms with Gasteiger partial charge in [0, 0.05) is 21.8 Å². The van der Waals surface area contributed by atoms with Crippen LogP contribution in [0.4, 0.5) is 0 Å². The van der Waals surface area contributed by atoms with E-state index in [1.165, 1.54) is 6.21 Å². The lowest BCUT2D eigenvalue weighted by Crippen LogP contribution is -2.45. The van der Waals surface area contributed by atoms with Crippen molar-refractivity contribution in [1.82, 2.24) is 16.1 Å². The molecular weight excluding hydrogens is 724 g/mol. The van der Waals surface area contributed by atoms with Crippen LogP contribution >= 0.6 is 55.7 Å². The smallest absolute Gasteiger partial charge is 0.338 e. The number of hydrogen-bond donors (Lipinski definition) is 3. The summed E-state index contributed by atoms with van der Waals surface area (Å²) >= 11 is 18.6. The number of halogens is 3. The maximum absolute atomic E-state index is 12.7. The van der Waals surface area contributed by atoms with Crippen molar-refractivity contribution < 1.29 is 23.8 Å². The molecule has 4 rings (SSSR count). The Morgan fingerprint density at radius 3 is 2.51 bits per heavy atom. The summed E-state index contributed by atoms with van der Waals surface area (Å²) in [6, 6.07) is 17.5. The molecule has 224 valence electrons. The zero-order valence-electron chi connectivity index (χ0n) is 23.1. The van der Waals surface area contributed by atoms with Crippen molar-refractivity contribution >= 4 is 78.9 Å². The van der Waals surface area contributed by atoms with Gasteiger partial charge in [0.25, 0.3) is 5.91 Å². The van der Waals surface area contributed by atoms with Gasteiger partial charge in [-0.1, -0.05) is 48.0 Å². The maximum atomic E-state index is 12.7. The molecule has 1 aliphatic rings. The molecule has 1 atom stereocenters. The van der Waals surface area contributed by atoms with Crippen LogP contribution in [0.3, 0.4) is 0 Å². The Hall–Kier alpha value is -3.45. The molecule has 9 nitrogen and oxygen atoms in total. The molecule has 0 radical (unpaired) electrons. The molecule has 0 spiro atoms. The molecule has 1 amide bonds. The van der Waals surface area contributed by atoms with Gasteiger partial charge in [-0.15, -0.1) is 0 Å². The fourth-order valence-electron chi connectivity index (χ4n) is 4.17. The van der Waals surface area contributed by atoms with Crippen molar-refractivity contribution in [2.24, 2.45) is 5.10 Å². The van der Waals surface area contributed by atoms with Gasteiger partial charge in [-0.2, -0.15) is 5.10 Å². The van der Waals surface area contributed by atoms with Crippen LogP contribution in [-0.4, -0.2) is 36.4 Å². The molecule has 3 N–H and O–H groups in total. The summed E-state index contributed by atoms with van der Waals surface area (Å²) in [6.07, 6.45) is 1.50. The van der Waals surface area contributed by atoms with Crippen LogP contribution in [0.5, 0.6) is 11.5 Å². The molecule has 1 heterocycles. The van der Waals surface area contributed by atoms with Crippen molar-refractivity contribution in [2.75, 3.05) is 13.2 Å². The number of hydrazone groups is 1. The van der Waals surface area contributed by atoms with Crippen LogP contribution < -0.4 is 25.5 Å². The molecule has 13 heteroatoms. The molecule has 0 aliphatic carbocycles. The second kappa shape index (κ2) is 15.3. The molecule has 3 aromatic rings. The third kappa shape index (κ3) is 8.56. The number of esters is 1. The number of nitrogens with zero attached hydrogens (tertiary/aromatic N) is 1. The first-order valence-electron chi connectivity index (χ1n) is 13.0. The minimum absolute atomic E-state index is 0.223. The van der Waals surface area contributed by atoms with E-state index in [2.05, 4.69) is 53.0 Å². The van der Waals surface area contributed by atoms with Crippen LogP contribution in [0.1, 0.15) is 36.6 Å². The summed E-state index contributed by atoms with van der Waals surface area (Å²) in [5, 5.41) is 11.1. The second-order valence-corrected chi connectivity index (χ2v) is 11.6. The molecule has 3 aromatic carbocycles. The Bertz CT molecular complexity index is 1580. The summed E-state index contributed by atoms with van der Waals surface area (Å²) in [5.41, 5.74) is 5.60. The first-order valence-corrected chi connectivity index (χ1v) is 15.4. The molecule has 0 bridgehead atoms. The highest BCUT2D eigenvalue weighted by Crippen LogP contribution is 2.36. The van der Waals surface area contributed by atoms with Crippen molar-refractivity contribution in [3.05, 3.63) is 103 Å². The Morgan fingerprint density at radius 1 is 1.09 bits per heavy atom. The van der Waals surface area contributed by atoms with Crippen LogP contribution in [0, 0.1) is 0 Å². The highest BCUT2D eigenvalue weighted by molar-refractivity contribution is 9.11. The number of benzene rings is 3. The number of thiocarbonyl (C=S) groups is 1. The number of nitrogens with one attached hydrogen (secondary N) is 3. The lowest BCUT2D eigenvalue weighted by Gasteiger charge is -2.30. The van der Waals surface area contributed by atoms with Gasteiger partial charge in [-0.25, -0.2) is 10.2 Å².